The lowest BCUT2D eigenvalue weighted by Gasteiger charge is -2.12. The van der Waals surface area contributed by atoms with Gasteiger partial charge in [0.05, 0.1) is 6.42 Å². The maximum atomic E-state index is 10.5. The molecular formula is C14H20O3. The van der Waals surface area contributed by atoms with Gasteiger partial charge in [-0.1, -0.05) is 25.5 Å². The van der Waals surface area contributed by atoms with Crippen molar-refractivity contribution in [2.24, 2.45) is 0 Å². The molecule has 0 bridgehead atoms. The number of hydrogen-bond acceptors (Lipinski definition) is 2. The van der Waals surface area contributed by atoms with E-state index in [1.807, 2.05) is 24.3 Å². The molecule has 0 aliphatic heterocycles. The van der Waals surface area contributed by atoms with E-state index in [0.29, 0.717) is 0 Å². The van der Waals surface area contributed by atoms with Crippen LogP contribution in [-0.4, -0.2) is 17.2 Å². The zero-order chi connectivity index (χ0) is 12.7. The van der Waals surface area contributed by atoms with E-state index in [0.717, 1.165) is 12.2 Å². The molecule has 17 heavy (non-hydrogen) atoms. The fourth-order valence-electron chi connectivity index (χ4n) is 1.64. The van der Waals surface area contributed by atoms with Crippen LogP contribution in [0.3, 0.4) is 0 Å². The number of benzene rings is 1. The average Bonchev–Trinajstić information content (AvgIpc) is 2.27. The van der Waals surface area contributed by atoms with E-state index in [-0.39, 0.29) is 12.5 Å². The van der Waals surface area contributed by atoms with Gasteiger partial charge in [0.25, 0.3) is 0 Å². The van der Waals surface area contributed by atoms with Crippen molar-refractivity contribution >= 4 is 5.97 Å². The molecule has 0 aliphatic rings. The number of aryl methyl sites for hydroxylation is 1. The van der Waals surface area contributed by atoms with Crippen molar-refractivity contribution in [3.63, 3.8) is 0 Å². The molecule has 3 heteroatoms. The minimum atomic E-state index is -0.836. The summed E-state index contributed by atoms with van der Waals surface area (Å²) < 4.78 is 5.50. The number of unbranched alkanes of at least 4 members (excludes halogenated alkanes) is 1. The molecule has 0 saturated carbocycles. The first-order valence-corrected chi connectivity index (χ1v) is 6.09. The summed E-state index contributed by atoms with van der Waals surface area (Å²) >= 11 is 0. The van der Waals surface area contributed by atoms with Crippen molar-refractivity contribution in [1.82, 2.24) is 0 Å². The van der Waals surface area contributed by atoms with E-state index in [1.54, 1.807) is 6.92 Å². The maximum absolute atomic E-state index is 10.5. The molecule has 0 amide bonds. The van der Waals surface area contributed by atoms with Gasteiger partial charge < -0.3 is 9.84 Å². The van der Waals surface area contributed by atoms with E-state index in [1.165, 1.54) is 18.4 Å². The molecule has 94 valence electrons. The molecule has 0 spiro atoms. The molecule has 0 fully saturated rings. The van der Waals surface area contributed by atoms with E-state index in [2.05, 4.69) is 6.92 Å². The Kier molecular flexibility index (Phi) is 5.53. The molecule has 0 radical (unpaired) electrons. The quantitative estimate of drug-likeness (QED) is 0.790. The number of hydrogen-bond donors (Lipinski definition) is 1. The second kappa shape index (κ2) is 6.94. The highest BCUT2D eigenvalue weighted by Crippen LogP contribution is 2.16. The van der Waals surface area contributed by atoms with Crippen molar-refractivity contribution in [3.8, 4) is 5.75 Å². The standard InChI is InChI=1S/C14H20O3/c1-3-4-5-12-6-8-13(9-7-12)17-11(2)10-14(15)16/h6-9,11H,3-5,10H2,1-2H3,(H,15,16)/t11-/m1/s1. The van der Waals surface area contributed by atoms with Gasteiger partial charge in [-0.25, -0.2) is 0 Å². The van der Waals surface area contributed by atoms with Crippen molar-refractivity contribution in [3.05, 3.63) is 29.8 Å². The minimum Gasteiger partial charge on any atom is -0.490 e. The van der Waals surface area contributed by atoms with Crippen molar-refractivity contribution in [2.45, 2.75) is 45.6 Å². The van der Waals surface area contributed by atoms with Gasteiger partial charge in [0.1, 0.15) is 11.9 Å². The molecular weight excluding hydrogens is 216 g/mol. The van der Waals surface area contributed by atoms with E-state index in [9.17, 15) is 4.79 Å². The normalized spacial score (nSPS) is 12.1. The molecule has 1 atom stereocenters. The Balaban J connectivity index is 2.47. The summed E-state index contributed by atoms with van der Waals surface area (Å²) in [5.74, 6) is -0.101. The van der Waals surface area contributed by atoms with E-state index >= 15 is 0 Å². The van der Waals surface area contributed by atoms with Crippen LogP contribution in [0, 0.1) is 0 Å². The lowest BCUT2D eigenvalue weighted by atomic mass is 10.1. The van der Waals surface area contributed by atoms with Crippen LogP contribution in [0.4, 0.5) is 0 Å². The Labute approximate surface area is 102 Å². The number of carboxylic acid groups (broad SMARTS) is 1. The number of ether oxygens (including phenoxy) is 1. The predicted molar refractivity (Wildman–Crippen MR) is 67.4 cm³/mol. The van der Waals surface area contributed by atoms with Crippen LogP contribution in [-0.2, 0) is 11.2 Å². The molecule has 1 N–H and O–H groups in total. The topological polar surface area (TPSA) is 46.5 Å². The highest BCUT2D eigenvalue weighted by atomic mass is 16.5. The molecule has 3 nitrogen and oxygen atoms in total. The summed E-state index contributed by atoms with van der Waals surface area (Å²) in [5, 5.41) is 8.62. The first-order valence-electron chi connectivity index (χ1n) is 6.09. The fourth-order valence-corrected chi connectivity index (χ4v) is 1.64. The van der Waals surface area contributed by atoms with Crippen LogP contribution in [0.2, 0.25) is 0 Å². The second-order valence-corrected chi connectivity index (χ2v) is 4.27. The minimum absolute atomic E-state index is 0.0254. The van der Waals surface area contributed by atoms with Gasteiger partial charge in [0.2, 0.25) is 0 Å². The first kappa shape index (κ1) is 13.6. The van der Waals surface area contributed by atoms with Gasteiger partial charge >= 0.3 is 5.97 Å². The lowest BCUT2D eigenvalue weighted by Crippen LogP contribution is -2.16. The third-order valence-electron chi connectivity index (χ3n) is 2.54. The van der Waals surface area contributed by atoms with Gasteiger partial charge in [-0.2, -0.15) is 0 Å². The zero-order valence-corrected chi connectivity index (χ0v) is 10.5. The van der Waals surface area contributed by atoms with Crippen LogP contribution in [0.25, 0.3) is 0 Å². The Morgan fingerprint density at radius 3 is 2.53 bits per heavy atom. The maximum Gasteiger partial charge on any atom is 0.307 e. The van der Waals surface area contributed by atoms with Crippen LogP contribution >= 0.6 is 0 Å². The second-order valence-electron chi connectivity index (χ2n) is 4.27. The van der Waals surface area contributed by atoms with Crippen LogP contribution in [0.15, 0.2) is 24.3 Å². The molecule has 0 aliphatic carbocycles. The highest BCUT2D eigenvalue weighted by Gasteiger charge is 2.08. The van der Waals surface area contributed by atoms with Crippen molar-refractivity contribution < 1.29 is 14.6 Å². The number of carboxylic acids is 1. The third-order valence-corrected chi connectivity index (χ3v) is 2.54. The highest BCUT2D eigenvalue weighted by molar-refractivity contribution is 5.67. The molecule has 0 unspecified atom stereocenters. The smallest absolute Gasteiger partial charge is 0.307 e. The van der Waals surface area contributed by atoms with Crippen LogP contribution < -0.4 is 4.74 Å². The Hall–Kier alpha value is -1.51. The van der Waals surface area contributed by atoms with Crippen molar-refractivity contribution in [2.75, 3.05) is 0 Å². The Bertz CT molecular complexity index is 343. The number of carbonyl (C=O) groups is 1. The monoisotopic (exact) mass is 236 g/mol. The summed E-state index contributed by atoms with van der Waals surface area (Å²) in [6, 6.07) is 7.89. The fraction of sp³-hybridized carbons (Fsp3) is 0.500. The summed E-state index contributed by atoms with van der Waals surface area (Å²) in [6.07, 6.45) is 3.19. The SMILES string of the molecule is CCCCc1ccc(O[C@H](C)CC(=O)O)cc1. The average molecular weight is 236 g/mol. The zero-order valence-electron chi connectivity index (χ0n) is 10.5. The third kappa shape index (κ3) is 5.38. The van der Waals surface area contributed by atoms with Gasteiger partial charge in [-0.05, 0) is 37.5 Å². The Morgan fingerprint density at radius 1 is 1.35 bits per heavy atom. The number of aliphatic carboxylic acids is 1. The molecule has 1 aromatic carbocycles. The molecule has 0 saturated heterocycles. The van der Waals surface area contributed by atoms with E-state index in [4.69, 9.17) is 9.84 Å². The largest absolute Gasteiger partial charge is 0.490 e. The molecule has 1 rings (SSSR count). The summed E-state index contributed by atoms with van der Waals surface area (Å²) in [4.78, 5) is 10.5. The van der Waals surface area contributed by atoms with Gasteiger partial charge in [0.15, 0.2) is 0 Å². The van der Waals surface area contributed by atoms with Crippen LogP contribution in [0.5, 0.6) is 5.75 Å². The van der Waals surface area contributed by atoms with E-state index < -0.39 is 5.97 Å². The molecule has 1 aromatic rings. The number of rotatable bonds is 7. The lowest BCUT2D eigenvalue weighted by molar-refractivity contribution is -0.138. The van der Waals surface area contributed by atoms with Gasteiger partial charge in [-0.3, -0.25) is 4.79 Å². The predicted octanol–water partition coefficient (Wildman–Crippen LogP) is 3.27. The van der Waals surface area contributed by atoms with Crippen molar-refractivity contribution in [1.29, 1.82) is 0 Å². The Morgan fingerprint density at radius 2 is 2.00 bits per heavy atom. The van der Waals surface area contributed by atoms with Gasteiger partial charge in [-0.15, -0.1) is 0 Å². The summed E-state index contributed by atoms with van der Waals surface area (Å²) in [5.41, 5.74) is 1.30. The van der Waals surface area contributed by atoms with Crippen LogP contribution in [0.1, 0.15) is 38.7 Å². The summed E-state index contributed by atoms with van der Waals surface area (Å²) in [7, 11) is 0. The molecule has 0 aromatic heterocycles. The molecule has 0 heterocycles. The first-order chi connectivity index (χ1) is 8.11. The van der Waals surface area contributed by atoms with Gasteiger partial charge in [0, 0.05) is 0 Å². The summed E-state index contributed by atoms with van der Waals surface area (Å²) in [6.45, 7) is 3.93.